The van der Waals surface area contributed by atoms with Crippen molar-refractivity contribution in [2.24, 2.45) is 11.8 Å². The molecule has 0 aromatic carbocycles. The minimum absolute atomic E-state index is 0.255. The van der Waals surface area contributed by atoms with Crippen LogP contribution in [0.25, 0.3) is 0 Å². The standard InChI is InChI=1S/C10H21N5S/c1-8(2)5-15-10(12-7-13-15)4-9(14-11)6-16-3/h7-9,14H,4-6,11H2,1-3H3. The molecule has 1 aromatic heterocycles. The van der Waals surface area contributed by atoms with Crippen molar-refractivity contribution < 1.29 is 0 Å². The highest BCUT2D eigenvalue weighted by Gasteiger charge is 2.12. The Labute approximate surface area is 101 Å². The number of nitrogens with two attached hydrogens (primary N) is 1. The molecule has 0 aliphatic carbocycles. The van der Waals surface area contributed by atoms with Gasteiger partial charge in [0, 0.05) is 24.8 Å². The average molecular weight is 243 g/mol. The summed E-state index contributed by atoms with van der Waals surface area (Å²) >= 11 is 1.78. The van der Waals surface area contributed by atoms with E-state index in [0.29, 0.717) is 5.92 Å². The second kappa shape index (κ2) is 6.88. The molecule has 1 aromatic rings. The van der Waals surface area contributed by atoms with Crippen molar-refractivity contribution in [2.75, 3.05) is 12.0 Å². The van der Waals surface area contributed by atoms with E-state index >= 15 is 0 Å². The number of hydrazine groups is 1. The van der Waals surface area contributed by atoms with Gasteiger partial charge in [0.1, 0.15) is 12.2 Å². The molecule has 6 heteroatoms. The summed E-state index contributed by atoms with van der Waals surface area (Å²) < 4.78 is 1.97. The summed E-state index contributed by atoms with van der Waals surface area (Å²) in [6, 6.07) is 0.255. The zero-order valence-electron chi connectivity index (χ0n) is 10.2. The number of thioether (sulfide) groups is 1. The first-order valence-electron chi connectivity index (χ1n) is 5.49. The van der Waals surface area contributed by atoms with Crippen LogP contribution >= 0.6 is 11.8 Å². The quantitative estimate of drug-likeness (QED) is 0.544. The van der Waals surface area contributed by atoms with E-state index in [4.69, 9.17) is 5.84 Å². The van der Waals surface area contributed by atoms with Crippen molar-refractivity contribution in [3.8, 4) is 0 Å². The smallest absolute Gasteiger partial charge is 0.138 e. The topological polar surface area (TPSA) is 68.8 Å². The molecule has 0 saturated carbocycles. The van der Waals surface area contributed by atoms with Crippen LogP contribution in [0.4, 0.5) is 0 Å². The van der Waals surface area contributed by atoms with Gasteiger partial charge in [0.15, 0.2) is 0 Å². The predicted molar refractivity (Wildman–Crippen MR) is 68.1 cm³/mol. The summed E-state index contributed by atoms with van der Waals surface area (Å²) in [5.41, 5.74) is 2.82. The minimum atomic E-state index is 0.255. The number of hydrogen-bond acceptors (Lipinski definition) is 5. The van der Waals surface area contributed by atoms with Crippen LogP contribution in [-0.2, 0) is 13.0 Å². The second-order valence-electron chi connectivity index (χ2n) is 4.28. The molecule has 0 saturated heterocycles. The fraction of sp³-hybridized carbons (Fsp3) is 0.800. The van der Waals surface area contributed by atoms with E-state index in [1.165, 1.54) is 0 Å². The van der Waals surface area contributed by atoms with E-state index in [1.807, 2.05) is 4.68 Å². The van der Waals surface area contributed by atoms with Gasteiger partial charge >= 0.3 is 0 Å². The molecule has 0 fully saturated rings. The van der Waals surface area contributed by atoms with Crippen LogP contribution in [-0.4, -0.2) is 32.8 Å². The van der Waals surface area contributed by atoms with Crippen molar-refractivity contribution in [3.63, 3.8) is 0 Å². The van der Waals surface area contributed by atoms with Crippen molar-refractivity contribution >= 4 is 11.8 Å². The lowest BCUT2D eigenvalue weighted by molar-refractivity contribution is 0.451. The Hall–Kier alpha value is -0.590. The van der Waals surface area contributed by atoms with Crippen molar-refractivity contribution in [2.45, 2.75) is 32.9 Å². The van der Waals surface area contributed by atoms with E-state index in [0.717, 1.165) is 24.5 Å². The van der Waals surface area contributed by atoms with E-state index in [9.17, 15) is 0 Å². The maximum Gasteiger partial charge on any atom is 0.138 e. The van der Waals surface area contributed by atoms with Gasteiger partial charge in [-0.3, -0.25) is 11.3 Å². The highest BCUT2D eigenvalue weighted by Crippen LogP contribution is 2.06. The third-order valence-electron chi connectivity index (χ3n) is 2.27. The Morgan fingerprint density at radius 3 is 2.88 bits per heavy atom. The van der Waals surface area contributed by atoms with Crippen molar-refractivity contribution in [1.82, 2.24) is 20.2 Å². The molecule has 1 heterocycles. The monoisotopic (exact) mass is 243 g/mol. The molecule has 1 unspecified atom stereocenters. The van der Waals surface area contributed by atoms with Crippen LogP contribution in [0, 0.1) is 5.92 Å². The van der Waals surface area contributed by atoms with Gasteiger partial charge in [0.2, 0.25) is 0 Å². The highest BCUT2D eigenvalue weighted by molar-refractivity contribution is 7.98. The van der Waals surface area contributed by atoms with Gasteiger partial charge in [0.25, 0.3) is 0 Å². The van der Waals surface area contributed by atoms with E-state index in [2.05, 4.69) is 35.6 Å². The van der Waals surface area contributed by atoms with Gasteiger partial charge in [-0.25, -0.2) is 9.67 Å². The van der Waals surface area contributed by atoms with Gasteiger partial charge in [-0.05, 0) is 12.2 Å². The third kappa shape index (κ3) is 4.11. The molecular weight excluding hydrogens is 222 g/mol. The Bertz CT molecular complexity index is 299. The van der Waals surface area contributed by atoms with E-state index in [-0.39, 0.29) is 6.04 Å². The summed E-state index contributed by atoms with van der Waals surface area (Å²) in [7, 11) is 0. The van der Waals surface area contributed by atoms with Crippen LogP contribution in [0.15, 0.2) is 6.33 Å². The maximum atomic E-state index is 5.51. The fourth-order valence-corrected chi connectivity index (χ4v) is 2.15. The third-order valence-corrected chi connectivity index (χ3v) is 3.00. The Morgan fingerprint density at radius 1 is 1.56 bits per heavy atom. The normalized spacial score (nSPS) is 13.3. The molecule has 0 radical (unpaired) electrons. The van der Waals surface area contributed by atoms with Gasteiger partial charge in [-0.1, -0.05) is 13.8 Å². The van der Waals surface area contributed by atoms with Crippen LogP contribution in [0.3, 0.4) is 0 Å². The lowest BCUT2D eigenvalue weighted by atomic mass is 10.2. The predicted octanol–water partition coefficient (Wildman–Crippen LogP) is 0.671. The van der Waals surface area contributed by atoms with Crippen LogP contribution in [0.2, 0.25) is 0 Å². The molecule has 0 aliphatic rings. The summed E-state index contributed by atoms with van der Waals surface area (Å²) in [4.78, 5) is 4.29. The molecule has 1 rings (SSSR count). The summed E-state index contributed by atoms with van der Waals surface area (Å²) in [6.45, 7) is 5.25. The van der Waals surface area contributed by atoms with E-state index in [1.54, 1.807) is 18.1 Å². The summed E-state index contributed by atoms with van der Waals surface area (Å²) in [6.07, 6.45) is 4.51. The molecule has 1 atom stereocenters. The molecule has 0 spiro atoms. The number of nitrogens with zero attached hydrogens (tertiary/aromatic N) is 3. The average Bonchev–Trinajstić information content (AvgIpc) is 2.64. The van der Waals surface area contributed by atoms with Crippen LogP contribution in [0.1, 0.15) is 19.7 Å². The summed E-state index contributed by atoms with van der Waals surface area (Å²) in [5, 5.41) is 4.23. The fourth-order valence-electron chi connectivity index (χ4n) is 1.53. The first kappa shape index (κ1) is 13.5. The van der Waals surface area contributed by atoms with Crippen LogP contribution in [0.5, 0.6) is 0 Å². The molecular formula is C10H21N5S. The van der Waals surface area contributed by atoms with E-state index < -0.39 is 0 Å². The Balaban J connectivity index is 2.61. The molecule has 16 heavy (non-hydrogen) atoms. The molecule has 5 nitrogen and oxygen atoms in total. The second-order valence-corrected chi connectivity index (χ2v) is 5.19. The number of nitrogens with one attached hydrogen (secondary N) is 1. The van der Waals surface area contributed by atoms with Crippen LogP contribution < -0.4 is 11.3 Å². The van der Waals surface area contributed by atoms with Crippen molar-refractivity contribution in [3.05, 3.63) is 12.2 Å². The molecule has 92 valence electrons. The van der Waals surface area contributed by atoms with Gasteiger partial charge in [-0.2, -0.15) is 16.9 Å². The largest absolute Gasteiger partial charge is 0.271 e. The number of rotatable bonds is 7. The zero-order chi connectivity index (χ0) is 12.0. The van der Waals surface area contributed by atoms with Gasteiger partial charge < -0.3 is 0 Å². The lowest BCUT2D eigenvalue weighted by Crippen LogP contribution is -2.39. The Morgan fingerprint density at radius 2 is 2.31 bits per heavy atom. The SMILES string of the molecule is CSCC(Cc1ncnn1CC(C)C)NN. The lowest BCUT2D eigenvalue weighted by Gasteiger charge is -2.15. The molecule has 0 aliphatic heterocycles. The van der Waals surface area contributed by atoms with Gasteiger partial charge in [0.05, 0.1) is 0 Å². The first-order chi connectivity index (χ1) is 7.67. The van der Waals surface area contributed by atoms with Crippen molar-refractivity contribution in [1.29, 1.82) is 0 Å². The van der Waals surface area contributed by atoms with Gasteiger partial charge in [-0.15, -0.1) is 0 Å². The minimum Gasteiger partial charge on any atom is -0.271 e. The maximum absolute atomic E-state index is 5.51. The molecule has 0 bridgehead atoms. The zero-order valence-corrected chi connectivity index (χ0v) is 11.0. The highest BCUT2D eigenvalue weighted by atomic mass is 32.2. The molecule has 0 amide bonds. The number of aromatic nitrogens is 3. The Kier molecular flexibility index (Phi) is 5.79. The summed E-state index contributed by atoms with van der Waals surface area (Å²) in [5.74, 6) is 8.06. The molecule has 3 N–H and O–H groups in total. The number of hydrogen-bond donors (Lipinski definition) is 2. The first-order valence-corrected chi connectivity index (χ1v) is 6.88.